The lowest BCUT2D eigenvalue weighted by Crippen LogP contribution is -2.56. The van der Waals surface area contributed by atoms with E-state index in [1.165, 1.54) is 12.1 Å². The highest BCUT2D eigenvalue weighted by atomic mass is 19.1. The first kappa shape index (κ1) is 25.7. The number of nitrogens with one attached hydrogen (secondary N) is 1. The van der Waals surface area contributed by atoms with Crippen molar-refractivity contribution in [1.82, 2.24) is 39.5 Å². The first-order chi connectivity index (χ1) is 21.1. The fourth-order valence-corrected chi connectivity index (χ4v) is 6.38. The summed E-state index contributed by atoms with van der Waals surface area (Å²) in [5.74, 6) is -0.524. The fourth-order valence-electron chi connectivity index (χ4n) is 6.38. The van der Waals surface area contributed by atoms with E-state index in [0.717, 1.165) is 64.6 Å². The van der Waals surface area contributed by atoms with Crippen molar-refractivity contribution in [2.75, 3.05) is 26.2 Å². The van der Waals surface area contributed by atoms with Crippen LogP contribution in [0.3, 0.4) is 0 Å². The van der Waals surface area contributed by atoms with Crippen LogP contribution in [0.4, 0.5) is 4.39 Å². The molecule has 10 heteroatoms. The van der Waals surface area contributed by atoms with Crippen molar-refractivity contribution >= 4 is 27.7 Å². The molecule has 9 nitrogen and oxygen atoms in total. The number of hydrogen-bond donors (Lipinski definition) is 1. The Morgan fingerprint density at radius 3 is 2.70 bits per heavy atom. The number of piperidine rings is 1. The van der Waals surface area contributed by atoms with E-state index >= 15 is 4.39 Å². The Labute approximate surface area is 247 Å². The Kier molecular flexibility index (Phi) is 6.22. The lowest BCUT2D eigenvalue weighted by Gasteiger charge is -2.46. The van der Waals surface area contributed by atoms with E-state index in [1.54, 1.807) is 30.9 Å². The lowest BCUT2D eigenvalue weighted by atomic mass is 9.96. The molecule has 2 aliphatic heterocycles. The number of amides is 1. The molecule has 0 atom stereocenters. The second-order valence-corrected chi connectivity index (χ2v) is 11.2. The monoisotopic (exact) mass is 571 g/mol. The molecule has 1 N–H and O–H groups in total. The van der Waals surface area contributed by atoms with E-state index in [2.05, 4.69) is 29.9 Å². The number of carbonyl (C=O) groups excluding carboxylic acids is 1. The number of aromatic amines is 1. The smallest absolute Gasteiger partial charge is 0.253 e. The summed E-state index contributed by atoms with van der Waals surface area (Å²) in [6.07, 6.45) is 12.6. The highest BCUT2D eigenvalue weighted by Crippen LogP contribution is 2.32. The van der Waals surface area contributed by atoms with Crippen LogP contribution in [0.5, 0.6) is 0 Å². The van der Waals surface area contributed by atoms with Gasteiger partial charge in [-0.2, -0.15) is 5.10 Å². The number of nitrogens with zero attached hydrogens (tertiary/aromatic N) is 7. The van der Waals surface area contributed by atoms with Crippen molar-refractivity contribution < 1.29 is 9.18 Å². The number of fused-ring (bicyclic) bond motifs is 2. The van der Waals surface area contributed by atoms with Crippen LogP contribution in [0.2, 0.25) is 0 Å². The van der Waals surface area contributed by atoms with Crippen molar-refractivity contribution in [2.24, 2.45) is 0 Å². The first-order valence-corrected chi connectivity index (χ1v) is 14.5. The summed E-state index contributed by atoms with van der Waals surface area (Å²) in [5.41, 5.74) is 4.26. The summed E-state index contributed by atoms with van der Waals surface area (Å²) in [7, 11) is 0. The van der Waals surface area contributed by atoms with Gasteiger partial charge in [-0.1, -0.05) is 24.3 Å². The number of pyridine rings is 1. The van der Waals surface area contributed by atoms with Crippen LogP contribution in [-0.2, 0) is 0 Å². The van der Waals surface area contributed by atoms with Crippen LogP contribution in [0.15, 0.2) is 85.8 Å². The molecule has 2 saturated heterocycles. The van der Waals surface area contributed by atoms with Gasteiger partial charge < -0.3 is 9.88 Å². The minimum Gasteiger partial charge on any atom is -0.346 e. The van der Waals surface area contributed by atoms with E-state index in [9.17, 15) is 4.79 Å². The van der Waals surface area contributed by atoms with E-state index in [-0.39, 0.29) is 5.91 Å². The lowest BCUT2D eigenvalue weighted by molar-refractivity contribution is 0.0514. The molecule has 2 aromatic carbocycles. The molecule has 213 valence electrons. The summed E-state index contributed by atoms with van der Waals surface area (Å²) in [6, 6.07) is 16.1. The number of aromatic nitrogens is 6. The van der Waals surface area contributed by atoms with Gasteiger partial charge in [0.15, 0.2) is 0 Å². The van der Waals surface area contributed by atoms with E-state index in [0.29, 0.717) is 30.3 Å². The van der Waals surface area contributed by atoms with Crippen LogP contribution in [0.1, 0.15) is 23.2 Å². The van der Waals surface area contributed by atoms with Crippen LogP contribution < -0.4 is 0 Å². The van der Waals surface area contributed by atoms with Gasteiger partial charge in [-0.3, -0.25) is 19.4 Å². The summed E-state index contributed by atoms with van der Waals surface area (Å²) >= 11 is 0. The SMILES string of the molecule is O=C(c1ccc(-c2cccc3ccncc23)c(F)c1)N1CCC(N2C[C](n3cc(-c4ncnc5[nH]ccc45)cn3)C2)CC1. The Morgan fingerprint density at radius 2 is 1.84 bits per heavy atom. The Hall–Kier alpha value is -4.96. The molecular weight excluding hydrogens is 543 g/mol. The molecule has 2 fully saturated rings. The average Bonchev–Trinajstić information content (AvgIpc) is 3.71. The zero-order valence-corrected chi connectivity index (χ0v) is 23.3. The third-order valence-corrected chi connectivity index (χ3v) is 8.76. The third-order valence-electron chi connectivity index (χ3n) is 8.76. The van der Waals surface area contributed by atoms with Crippen molar-refractivity contribution in [2.45, 2.75) is 18.9 Å². The van der Waals surface area contributed by atoms with Crippen molar-refractivity contribution in [1.29, 1.82) is 0 Å². The van der Waals surface area contributed by atoms with Gasteiger partial charge in [0.25, 0.3) is 5.91 Å². The van der Waals surface area contributed by atoms with Gasteiger partial charge in [0.05, 0.1) is 11.9 Å². The Balaban J connectivity index is 0.885. The van der Waals surface area contributed by atoms with Crippen molar-refractivity contribution in [3.63, 3.8) is 0 Å². The van der Waals surface area contributed by atoms with Crippen molar-refractivity contribution in [3.05, 3.63) is 103 Å². The van der Waals surface area contributed by atoms with Gasteiger partial charge in [0.2, 0.25) is 0 Å². The number of rotatable bonds is 5. The highest BCUT2D eigenvalue weighted by molar-refractivity contribution is 5.98. The predicted molar refractivity (Wildman–Crippen MR) is 161 cm³/mol. The van der Waals surface area contributed by atoms with Crippen LogP contribution in [0, 0.1) is 11.9 Å². The largest absolute Gasteiger partial charge is 0.346 e. The van der Waals surface area contributed by atoms with Gasteiger partial charge >= 0.3 is 0 Å². The second kappa shape index (κ2) is 10.4. The molecule has 43 heavy (non-hydrogen) atoms. The third kappa shape index (κ3) is 4.54. The number of carbonyl (C=O) groups is 1. The molecule has 2 aliphatic rings. The maximum absolute atomic E-state index is 15.3. The van der Waals surface area contributed by atoms with Crippen molar-refractivity contribution in [3.8, 4) is 22.4 Å². The topological polar surface area (TPSA) is 95.8 Å². The summed E-state index contributed by atoms with van der Waals surface area (Å²) in [5, 5.41) is 7.45. The molecule has 0 aliphatic carbocycles. The number of H-pyrrole nitrogens is 1. The molecule has 1 radical (unpaired) electrons. The molecule has 0 saturated carbocycles. The van der Waals surface area contributed by atoms with E-state index in [4.69, 9.17) is 0 Å². The molecule has 6 heterocycles. The zero-order chi connectivity index (χ0) is 28.9. The van der Waals surface area contributed by atoms with Gasteiger partial charge in [-0.25, -0.2) is 14.4 Å². The molecule has 1 amide bonds. The molecule has 8 rings (SSSR count). The zero-order valence-electron chi connectivity index (χ0n) is 23.3. The van der Waals surface area contributed by atoms with Gasteiger partial charge in [-0.05, 0) is 48.1 Å². The normalized spacial score (nSPS) is 16.6. The van der Waals surface area contributed by atoms with Gasteiger partial charge in [0, 0.05) is 84.5 Å². The fraction of sp³-hybridized carbons (Fsp3) is 0.212. The van der Waals surface area contributed by atoms with Crippen LogP contribution in [-0.4, -0.2) is 77.6 Å². The summed E-state index contributed by atoms with van der Waals surface area (Å²) in [6.45, 7) is 3.00. The maximum Gasteiger partial charge on any atom is 0.253 e. The molecule has 0 bridgehead atoms. The highest BCUT2D eigenvalue weighted by Gasteiger charge is 2.37. The molecular formula is C33H28FN8O. The number of halogens is 1. The average molecular weight is 572 g/mol. The Bertz CT molecular complexity index is 1960. The van der Waals surface area contributed by atoms with E-state index < -0.39 is 5.82 Å². The van der Waals surface area contributed by atoms with Crippen LogP contribution >= 0.6 is 0 Å². The number of hydrogen-bond acceptors (Lipinski definition) is 6. The maximum atomic E-state index is 15.3. The minimum absolute atomic E-state index is 0.121. The molecule has 4 aromatic heterocycles. The quantitative estimate of drug-likeness (QED) is 0.307. The molecule has 6 aromatic rings. The van der Waals surface area contributed by atoms with Gasteiger partial charge in [0.1, 0.15) is 23.8 Å². The van der Waals surface area contributed by atoms with Crippen LogP contribution in [0.25, 0.3) is 44.2 Å². The standard InChI is InChI=1S/C33H28FN8O/c34-30-14-22(4-5-27(30)26-3-1-2-21-6-10-35-16-29(21)26)33(43)40-12-8-24(9-13-40)41-18-25(19-41)42-17-23(15-39-42)31-28-7-11-36-32(28)38-20-37-31/h1-7,10-11,14-17,20,24H,8-9,12-13,18-19H2,(H,36,37,38). The summed E-state index contributed by atoms with van der Waals surface area (Å²) < 4.78 is 17.3. The minimum atomic E-state index is -0.403. The Morgan fingerprint density at radius 1 is 0.953 bits per heavy atom. The molecule has 0 unspecified atom stereocenters. The van der Waals surface area contributed by atoms with E-state index in [1.807, 2.05) is 58.5 Å². The first-order valence-electron chi connectivity index (χ1n) is 14.5. The van der Waals surface area contributed by atoms with Gasteiger partial charge in [-0.15, -0.1) is 0 Å². The predicted octanol–water partition coefficient (Wildman–Crippen LogP) is 5.18. The molecule has 0 spiro atoms. The number of benzene rings is 2. The summed E-state index contributed by atoms with van der Waals surface area (Å²) in [4.78, 5) is 33.7. The number of likely N-dealkylation sites (tertiary alicyclic amines) is 2. The second-order valence-electron chi connectivity index (χ2n) is 11.2.